The molecule has 1 aliphatic heterocycles. The zero-order valence-electron chi connectivity index (χ0n) is 14.9. The standard InChI is InChI=1S/C19H21N5O2S/c25-17(21-16-9-8-14(13-20-16)24-10-1-2-11-24)6-3-7-18-22-19(23-26-18)15-5-4-12-27-15/h4-5,8-9,12-13H,1-3,6-7,10-11H2,(H,20,21,25). The molecule has 1 saturated heterocycles. The van der Waals surface area contributed by atoms with E-state index in [4.69, 9.17) is 4.52 Å². The van der Waals surface area contributed by atoms with E-state index in [1.54, 1.807) is 11.3 Å². The van der Waals surface area contributed by atoms with E-state index < -0.39 is 0 Å². The number of carbonyl (C=O) groups excluding carboxylic acids is 1. The lowest BCUT2D eigenvalue weighted by Crippen LogP contribution is -2.18. The lowest BCUT2D eigenvalue weighted by Gasteiger charge is -2.17. The van der Waals surface area contributed by atoms with Crippen LogP contribution in [0.3, 0.4) is 0 Å². The van der Waals surface area contributed by atoms with E-state index in [2.05, 4.69) is 25.3 Å². The quantitative estimate of drug-likeness (QED) is 0.669. The van der Waals surface area contributed by atoms with Gasteiger partial charge in [0, 0.05) is 25.9 Å². The largest absolute Gasteiger partial charge is 0.370 e. The van der Waals surface area contributed by atoms with Crippen LogP contribution in [0, 0.1) is 0 Å². The zero-order valence-corrected chi connectivity index (χ0v) is 15.7. The first-order chi connectivity index (χ1) is 13.3. The van der Waals surface area contributed by atoms with Crippen molar-refractivity contribution in [2.24, 2.45) is 0 Å². The Morgan fingerprint density at radius 3 is 2.89 bits per heavy atom. The molecule has 3 aromatic heterocycles. The molecular formula is C19H21N5O2S. The van der Waals surface area contributed by atoms with Gasteiger partial charge in [-0.15, -0.1) is 11.3 Å². The summed E-state index contributed by atoms with van der Waals surface area (Å²) in [6, 6.07) is 7.77. The molecule has 0 spiro atoms. The zero-order chi connectivity index (χ0) is 18.5. The molecule has 140 valence electrons. The summed E-state index contributed by atoms with van der Waals surface area (Å²) >= 11 is 1.57. The van der Waals surface area contributed by atoms with Crippen LogP contribution < -0.4 is 10.2 Å². The Balaban J connectivity index is 1.23. The van der Waals surface area contributed by atoms with Crippen LogP contribution in [0.2, 0.25) is 0 Å². The third-order valence-electron chi connectivity index (χ3n) is 4.49. The molecule has 1 N–H and O–H groups in total. The van der Waals surface area contributed by atoms with Crippen molar-refractivity contribution in [1.82, 2.24) is 15.1 Å². The minimum atomic E-state index is -0.0607. The minimum Gasteiger partial charge on any atom is -0.370 e. The molecule has 0 unspecified atom stereocenters. The van der Waals surface area contributed by atoms with Crippen molar-refractivity contribution in [3.63, 3.8) is 0 Å². The molecule has 0 aromatic carbocycles. The second-order valence-electron chi connectivity index (χ2n) is 6.49. The predicted molar refractivity (Wildman–Crippen MR) is 105 cm³/mol. The fraction of sp³-hybridized carbons (Fsp3) is 0.368. The maximum Gasteiger partial charge on any atom is 0.226 e. The van der Waals surface area contributed by atoms with Gasteiger partial charge in [0.05, 0.1) is 16.8 Å². The van der Waals surface area contributed by atoms with Gasteiger partial charge in [0.1, 0.15) is 5.82 Å². The summed E-state index contributed by atoms with van der Waals surface area (Å²) in [7, 11) is 0. The van der Waals surface area contributed by atoms with Crippen LogP contribution in [-0.2, 0) is 11.2 Å². The summed E-state index contributed by atoms with van der Waals surface area (Å²) < 4.78 is 5.25. The second-order valence-corrected chi connectivity index (χ2v) is 7.43. The first kappa shape index (κ1) is 17.7. The molecule has 3 aromatic rings. The van der Waals surface area contributed by atoms with Crippen LogP contribution in [0.15, 0.2) is 40.4 Å². The Bertz CT molecular complexity index is 870. The molecule has 27 heavy (non-hydrogen) atoms. The first-order valence-corrected chi connectivity index (χ1v) is 10.0. The fourth-order valence-corrected chi connectivity index (χ4v) is 3.74. The van der Waals surface area contributed by atoms with Crippen LogP contribution in [0.5, 0.6) is 0 Å². The fourth-order valence-electron chi connectivity index (χ4n) is 3.09. The average Bonchev–Trinajstić information content (AvgIpc) is 3.44. The molecule has 1 fully saturated rings. The van der Waals surface area contributed by atoms with E-state index in [0.717, 1.165) is 23.7 Å². The Morgan fingerprint density at radius 1 is 1.26 bits per heavy atom. The summed E-state index contributed by atoms with van der Waals surface area (Å²) in [6.07, 6.45) is 5.88. The predicted octanol–water partition coefficient (Wildman–Crippen LogP) is 3.75. The summed E-state index contributed by atoms with van der Waals surface area (Å²) in [5, 5.41) is 8.79. The van der Waals surface area contributed by atoms with Gasteiger partial charge in [-0.1, -0.05) is 11.2 Å². The van der Waals surface area contributed by atoms with Crippen molar-refractivity contribution in [2.45, 2.75) is 32.1 Å². The van der Waals surface area contributed by atoms with Gasteiger partial charge in [0.2, 0.25) is 17.6 Å². The summed E-state index contributed by atoms with van der Waals surface area (Å²) in [4.78, 5) is 24.1. The third kappa shape index (κ3) is 4.51. The lowest BCUT2D eigenvalue weighted by molar-refractivity contribution is -0.116. The van der Waals surface area contributed by atoms with Crippen molar-refractivity contribution in [2.75, 3.05) is 23.3 Å². The van der Waals surface area contributed by atoms with Crippen LogP contribution in [0.25, 0.3) is 10.7 Å². The van der Waals surface area contributed by atoms with Gasteiger partial charge < -0.3 is 14.7 Å². The second kappa shape index (κ2) is 8.30. The number of nitrogens with one attached hydrogen (secondary N) is 1. The number of anilines is 2. The van der Waals surface area contributed by atoms with Crippen molar-refractivity contribution in [3.05, 3.63) is 41.7 Å². The van der Waals surface area contributed by atoms with E-state index >= 15 is 0 Å². The molecule has 0 aliphatic carbocycles. The first-order valence-electron chi connectivity index (χ1n) is 9.15. The molecule has 4 rings (SSSR count). The Hall–Kier alpha value is -2.74. The number of nitrogens with zero attached hydrogens (tertiary/aromatic N) is 4. The highest BCUT2D eigenvalue weighted by atomic mass is 32.1. The van der Waals surface area contributed by atoms with Crippen LogP contribution >= 0.6 is 11.3 Å². The van der Waals surface area contributed by atoms with Crippen molar-refractivity contribution >= 4 is 28.7 Å². The van der Waals surface area contributed by atoms with Gasteiger partial charge in [0.25, 0.3) is 0 Å². The molecule has 0 atom stereocenters. The number of amides is 1. The number of aromatic nitrogens is 3. The van der Waals surface area contributed by atoms with E-state index in [-0.39, 0.29) is 5.91 Å². The van der Waals surface area contributed by atoms with E-state index in [1.807, 2.05) is 35.8 Å². The molecule has 7 nitrogen and oxygen atoms in total. The van der Waals surface area contributed by atoms with Crippen molar-refractivity contribution in [3.8, 4) is 10.7 Å². The van der Waals surface area contributed by atoms with E-state index in [9.17, 15) is 4.79 Å². The monoisotopic (exact) mass is 383 g/mol. The highest BCUT2D eigenvalue weighted by molar-refractivity contribution is 7.13. The van der Waals surface area contributed by atoms with Gasteiger partial charge in [0.15, 0.2) is 0 Å². The van der Waals surface area contributed by atoms with Gasteiger partial charge >= 0.3 is 0 Å². The average molecular weight is 383 g/mol. The Morgan fingerprint density at radius 2 is 2.15 bits per heavy atom. The summed E-state index contributed by atoms with van der Waals surface area (Å²) in [5.41, 5.74) is 1.11. The van der Waals surface area contributed by atoms with E-state index in [0.29, 0.717) is 36.8 Å². The number of hydrogen-bond donors (Lipinski definition) is 1. The van der Waals surface area contributed by atoms with Gasteiger partial charge in [-0.2, -0.15) is 4.98 Å². The Labute approximate surface area is 161 Å². The van der Waals surface area contributed by atoms with Crippen molar-refractivity contribution < 1.29 is 9.32 Å². The van der Waals surface area contributed by atoms with Gasteiger partial charge in [-0.25, -0.2) is 4.98 Å². The smallest absolute Gasteiger partial charge is 0.226 e. The number of pyridine rings is 1. The molecule has 0 bridgehead atoms. The highest BCUT2D eigenvalue weighted by Gasteiger charge is 2.13. The molecule has 8 heteroatoms. The molecule has 1 aliphatic rings. The lowest BCUT2D eigenvalue weighted by atomic mass is 10.2. The number of rotatable bonds is 7. The third-order valence-corrected chi connectivity index (χ3v) is 5.36. The normalized spacial score (nSPS) is 13.9. The highest BCUT2D eigenvalue weighted by Crippen LogP contribution is 2.22. The SMILES string of the molecule is O=C(CCCc1nc(-c2cccs2)no1)Nc1ccc(N2CCCC2)cn1. The van der Waals surface area contributed by atoms with Crippen LogP contribution in [0.1, 0.15) is 31.6 Å². The van der Waals surface area contributed by atoms with Crippen molar-refractivity contribution in [1.29, 1.82) is 0 Å². The molecule has 0 saturated carbocycles. The molecule has 1 amide bonds. The van der Waals surface area contributed by atoms with Crippen LogP contribution in [-0.4, -0.2) is 34.1 Å². The molecule has 4 heterocycles. The van der Waals surface area contributed by atoms with E-state index in [1.165, 1.54) is 12.8 Å². The van der Waals surface area contributed by atoms with Gasteiger partial charge in [-0.05, 0) is 42.8 Å². The maximum atomic E-state index is 12.1. The Kier molecular flexibility index (Phi) is 5.43. The topological polar surface area (TPSA) is 84.1 Å². The summed E-state index contributed by atoms with van der Waals surface area (Å²) in [6.45, 7) is 2.16. The number of thiophene rings is 1. The number of hydrogen-bond acceptors (Lipinski definition) is 7. The molecular weight excluding hydrogens is 362 g/mol. The maximum absolute atomic E-state index is 12.1. The molecule has 0 radical (unpaired) electrons. The van der Waals surface area contributed by atoms with Gasteiger partial charge in [-0.3, -0.25) is 4.79 Å². The number of aryl methyl sites for hydroxylation is 1. The minimum absolute atomic E-state index is 0.0607. The number of carbonyl (C=O) groups is 1. The summed E-state index contributed by atoms with van der Waals surface area (Å²) in [5.74, 6) is 1.68. The van der Waals surface area contributed by atoms with Crippen LogP contribution in [0.4, 0.5) is 11.5 Å².